The van der Waals surface area contributed by atoms with Gasteiger partial charge in [0.1, 0.15) is 6.61 Å². The molecule has 0 atom stereocenters. The molecule has 0 bridgehead atoms. The number of ether oxygens (including phenoxy) is 1. The average Bonchev–Trinajstić information content (AvgIpc) is 2.31. The summed E-state index contributed by atoms with van der Waals surface area (Å²) < 4.78 is 5.03. The normalized spacial score (nSPS) is 8.73. The van der Waals surface area contributed by atoms with Crippen molar-refractivity contribution in [2.24, 2.45) is 0 Å². The summed E-state index contributed by atoms with van der Waals surface area (Å²) >= 11 is 0. The Hall–Kier alpha value is -1.31. The fraction of sp³-hybridized carbons (Fsp3) is 0.462. The quantitative estimate of drug-likeness (QED) is 0.707. The van der Waals surface area contributed by atoms with Crippen molar-refractivity contribution in [3.8, 4) is 0 Å². The van der Waals surface area contributed by atoms with Crippen molar-refractivity contribution in [3.63, 3.8) is 0 Å². The second kappa shape index (κ2) is 9.25. The van der Waals surface area contributed by atoms with Gasteiger partial charge in [0.15, 0.2) is 0 Å². The Balaban J connectivity index is 0.000000921. The molecule has 15 heavy (non-hydrogen) atoms. The first-order valence-electron chi connectivity index (χ1n) is 5.52. The Morgan fingerprint density at radius 3 is 2.33 bits per heavy atom. The van der Waals surface area contributed by atoms with Gasteiger partial charge in [-0.2, -0.15) is 0 Å². The van der Waals surface area contributed by atoms with Crippen LogP contribution in [-0.2, 0) is 16.1 Å². The summed E-state index contributed by atoms with van der Waals surface area (Å²) in [5, 5.41) is 0. The fourth-order valence-electron chi connectivity index (χ4n) is 1.01. The van der Waals surface area contributed by atoms with E-state index >= 15 is 0 Å². The maximum atomic E-state index is 11.0. The number of benzene rings is 1. The number of hydrogen-bond donors (Lipinski definition) is 0. The van der Waals surface area contributed by atoms with Crippen molar-refractivity contribution in [2.45, 2.75) is 40.2 Å². The smallest absolute Gasteiger partial charge is 0.306 e. The van der Waals surface area contributed by atoms with Crippen LogP contribution in [0.3, 0.4) is 0 Å². The molecule has 0 N–H and O–H groups in total. The van der Waals surface area contributed by atoms with Gasteiger partial charge < -0.3 is 4.74 Å². The standard InChI is InChI=1S/C11H14O2.C2H6/c1-2-6-11(12)13-9-10-7-4-3-5-8-10;1-2/h3-5,7-8H,2,6,9H2,1H3;1-2H3. The molecule has 0 aliphatic heterocycles. The van der Waals surface area contributed by atoms with Crippen LogP contribution in [0, 0.1) is 0 Å². The summed E-state index contributed by atoms with van der Waals surface area (Å²) in [6.07, 6.45) is 1.35. The van der Waals surface area contributed by atoms with Gasteiger partial charge in [-0.15, -0.1) is 0 Å². The predicted molar refractivity (Wildman–Crippen MR) is 62.5 cm³/mol. The maximum Gasteiger partial charge on any atom is 0.306 e. The van der Waals surface area contributed by atoms with Gasteiger partial charge in [0, 0.05) is 6.42 Å². The minimum Gasteiger partial charge on any atom is -0.461 e. The molecule has 0 heterocycles. The molecule has 0 aliphatic carbocycles. The molecule has 0 unspecified atom stereocenters. The Morgan fingerprint density at radius 1 is 1.20 bits per heavy atom. The molecule has 0 spiro atoms. The zero-order chi connectivity index (χ0) is 11.5. The minimum absolute atomic E-state index is 0.119. The first-order chi connectivity index (χ1) is 7.33. The van der Waals surface area contributed by atoms with E-state index in [-0.39, 0.29) is 5.97 Å². The van der Waals surface area contributed by atoms with Crippen LogP contribution in [0.1, 0.15) is 39.2 Å². The van der Waals surface area contributed by atoms with Crippen LogP contribution in [0.5, 0.6) is 0 Å². The van der Waals surface area contributed by atoms with Crippen molar-refractivity contribution in [3.05, 3.63) is 35.9 Å². The first-order valence-corrected chi connectivity index (χ1v) is 5.52. The summed E-state index contributed by atoms with van der Waals surface area (Å²) in [5.74, 6) is -0.119. The number of carbonyl (C=O) groups excluding carboxylic acids is 1. The Morgan fingerprint density at radius 2 is 1.80 bits per heavy atom. The highest BCUT2D eigenvalue weighted by molar-refractivity contribution is 5.69. The van der Waals surface area contributed by atoms with Gasteiger partial charge in [-0.1, -0.05) is 51.1 Å². The third-order valence-electron chi connectivity index (χ3n) is 1.70. The van der Waals surface area contributed by atoms with Crippen molar-refractivity contribution in [1.29, 1.82) is 0 Å². The number of rotatable bonds is 4. The fourth-order valence-corrected chi connectivity index (χ4v) is 1.01. The monoisotopic (exact) mass is 208 g/mol. The van der Waals surface area contributed by atoms with Crippen molar-refractivity contribution in [2.75, 3.05) is 0 Å². The summed E-state index contributed by atoms with van der Waals surface area (Å²) in [7, 11) is 0. The van der Waals surface area contributed by atoms with Crippen LogP contribution in [0.15, 0.2) is 30.3 Å². The van der Waals surface area contributed by atoms with E-state index in [1.54, 1.807) is 0 Å². The molecule has 1 aromatic carbocycles. The molecule has 0 amide bonds. The summed E-state index contributed by atoms with van der Waals surface area (Å²) in [4.78, 5) is 11.0. The molecule has 1 aromatic rings. The van der Waals surface area contributed by atoms with E-state index in [0.29, 0.717) is 13.0 Å². The lowest BCUT2D eigenvalue weighted by molar-refractivity contribution is -0.144. The third kappa shape index (κ3) is 6.72. The zero-order valence-corrected chi connectivity index (χ0v) is 9.82. The minimum atomic E-state index is -0.119. The Kier molecular flexibility index (Phi) is 8.44. The predicted octanol–water partition coefficient (Wildman–Crippen LogP) is 3.56. The molecule has 0 fully saturated rings. The number of hydrogen-bond acceptors (Lipinski definition) is 2. The van der Waals surface area contributed by atoms with E-state index in [0.717, 1.165) is 12.0 Å². The number of esters is 1. The molecule has 0 aromatic heterocycles. The van der Waals surface area contributed by atoms with E-state index in [9.17, 15) is 4.79 Å². The summed E-state index contributed by atoms with van der Waals surface area (Å²) in [6.45, 7) is 6.35. The van der Waals surface area contributed by atoms with E-state index in [4.69, 9.17) is 4.74 Å². The van der Waals surface area contributed by atoms with Crippen LogP contribution in [0.4, 0.5) is 0 Å². The second-order valence-electron chi connectivity index (χ2n) is 2.90. The highest BCUT2D eigenvalue weighted by atomic mass is 16.5. The van der Waals surface area contributed by atoms with Crippen LogP contribution in [0.25, 0.3) is 0 Å². The molecule has 0 radical (unpaired) electrons. The first kappa shape index (κ1) is 13.7. The molecule has 0 aliphatic rings. The molecule has 0 saturated carbocycles. The Labute approximate surface area is 92.3 Å². The second-order valence-corrected chi connectivity index (χ2v) is 2.90. The lowest BCUT2D eigenvalue weighted by Gasteiger charge is -2.02. The van der Waals surface area contributed by atoms with Crippen LogP contribution in [-0.4, -0.2) is 5.97 Å². The van der Waals surface area contributed by atoms with Gasteiger partial charge in [-0.25, -0.2) is 0 Å². The van der Waals surface area contributed by atoms with E-state index < -0.39 is 0 Å². The zero-order valence-electron chi connectivity index (χ0n) is 9.82. The summed E-state index contributed by atoms with van der Waals surface area (Å²) in [5.41, 5.74) is 1.03. The maximum absolute atomic E-state index is 11.0. The van der Waals surface area contributed by atoms with Gasteiger partial charge in [-0.05, 0) is 12.0 Å². The van der Waals surface area contributed by atoms with Crippen LogP contribution >= 0.6 is 0 Å². The molecule has 84 valence electrons. The SMILES string of the molecule is CC.CCCC(=O)OCc1ccccc1. The molecular weight excluding hydrogens is 188 g/mol. The van der Waals surface area contributed by atoms with Crippen LogP contribution < -0.4 is 0 Å². The Bertz CT molecular complexity index is 254. The van der Waals surface area contributed by atoms with E-state index in [1.165, 1.54) is 0 Å². The average molecular weight is 208 g/mol. The molecule has 0 saturated heterocycles. The van der Waals surface area contributed by atoms with Gasteiger partial charge in [-0.3, -0.25) is 4.79 Å². The molecule has 2 heteroatoms. The van der Waals surface area contributed by atoms with E-state index in [2.05, 4.69) is 0 Å². The van der Waals surface area contributed by atoms with Crippen LogP contribution in [0.2, 0.25) is 0 Å². The largest absolute Gasteiger partial charge is 0.461 e. The third-order valence-corrected chi connectivity index (χ3v) is 1.70. The van der Waals surface area contributed by atoms with Gasteiger partial charge in [0.05, 0.1) is 0 Å². The van der Waals surface area contributed by atoms with Gasteiger partial charge in [0.2, 0.25) is 0 Å². The van der Waals surface area contributed by atoms with Crippen molar-refractivity contribution in [1.82, 2.24) is 0 Å². The summed E-state index contributed by atoms with van der Waals surface area (Å²) in [6, 6.07) is 9.70. The molecule has 2 nitrogen and oxygen atoms in total. The highest BCUT2D eigenvalue weighted by Gasteiger charge is 2.00. The van der Waals surface area contributed by atoms with Gasteiger partial charge in [0.25, 0.3) is 0 Å². The van der Waals surface area contributed by atoms with Crippen molar-refractivity contribution < 1.29 is 9.53 Å². The number of carbonyl (C=O) groups is 1. The molecular formula is C13H20O2. The molecule has 1 rings (SSSR count). The highest BCUT2D eigenvalue weighted by Crippen LogP contribution is 2.02. The lowest BCUT2D eigenvalue weighted by Crippen LogP contribution is -2.03. The van der Waals surface area contributed by atoms with Crippen molar-refractivity contribution >= 4 is 5.97 Å². The topological polar surface area (TPSA) is 26.3 Å². The van der Waals surface area contributed by atoms with E-state index in [1.807, 2.05) is 51.1 Å². The lowest BCUT2D eigenvalue weighted by atomic mass is 10.2. The van der Waals surface area contributed by atoms with Gasteiger partial charge >= 0.3 is 5.97 Å².